The number of hydrogen-bond donors (Lipinski definition) is 3. The SMILES string of the molecule is CCCCCCCCCCOc1cccc(CCC(=O)N2CC(OP(=O)(O)O)C2)c1.N. The number of aryl methyl sites for hydroxylation is 1. The van der Waals surface area contributed by atoms with E-state index in [1.165, 1.54) is 44.9 Å². The van der Waals surface area contributed by atoms with E-state index in [9.17, 15) is 9.36 Å². The van der Waals surface area contributed by atoms with Gasteiger partial charge in [0.25, 0.3) is 0 Å². The van der Waals surface area contributed by atoms with Crippen LogP contribution in [-0.2, 0) is 20.3 Å². The van der Waals surface area contributed by atoms with Crippen LogP contribution in [0.2, 0.25) is 0 Å². The average molecular weight is 459 g/mol. The minimum atomic E-state index is -4.49. The van der Waals surface area contributed by atoms with Gasteiger partial charge in [-0.3, -0.25) is 9.32 Å². The summed E-state index contributed by atoms with van der Waals surface area (Å²) in [6, 6.07) is 7.84. The molecule has 0 radical (unpaired) electrons. The van der Waals surface area contributed by atoms with Crippen LogP contribution in [0.4, 0.5) is 0 Å². The summed E-state index contributed by atoms with van der Waals surface area (Å²) in [6.45, 7) is 3.41. The second-order valence-electron chi connectivity index (χ2n) is 7.99. The molecule has 0 aliphatic carbocycles. The Labute approximate surface area is 186 Å². The van der Waals surface area contributed by atoms with Gasteiger partial charge in [-0.2, -0.15) is 0 Å². The highest BCUT2D eigenvalue weighted by atomic mass is 31.2. The first-order valence-corrected chi connectivity index (χ1v) is 12.6. The number of likely N-dealkylation sites (tertiary alicyclic amines) is 1. The first-order valence-electron chi connectivity index (χ1n) is 11.1. The molecule has 1 heterocycles. The van der Waals surface area contributed by atoms with E-state index in [4.69, 9.17) is 14.5 Å². The van der Waals surface area contributed by atoms with E-state index in [0.29, 0.717) is 19.4 Å². The Morgan fingerprint density at radius 1 is 1.10 bits per heavy atom. The predicted octanol–water partition coefficient (Wildman–Crippen LogP) is 4.62. The van der Waals surface area contributed by atoms with Crippen molar-refractivity contribution >= 4 is 13.7 Å². The van der Waals surface area contributed by atoms with Gasteiger partial charge in [-0.05, 0) is 30.5 Å². The van der Waals surface area contributed by atoms with Gasteiger partial charge in [-0.15, -0.1) is 0 Å². The van der Waals surface area contributed by atoms with Crippen LogP contribution in [0.15, 0.2) is 24.3 Å². The Kier molecular flexibility index (Phi) is 13.0. The van der Waals surface area contributed by atoms with Crippen LogP contribution in [0.3, 0.4) is 0 Å². The largest absolute Gasteiger partial charge is 0.494 e. The number of ether oxygens (including phenoxy) is 1. The zero-order chi connectivity index (χ0) is 21.8. The van der Waals surface area contributed by atoms with Gasteiger partial charge >= 0.3 is 7.82 Å². The van der Waals surface area contributed by atoms with Crippen molar-refractivity contribution in [2.75, 3.05) is 19.7 Å². The molecule has 9 heteroatoms. The molecule has 0 atom stereocenters. The van der Waals surface area contributed by atoms with Crippen molar-refractivity contribution in [1.82, 2.24) is 11.1 Å². The number of nitrogens with zero attached hydrogens (tertiary/aromatic N) is 1. The minimum Gasteiger partial charge on any atom is -0.494 e. The predicted molar refractivity (Wildman–Crippen MR) is 121 cm³/mol. The van der Waals surface area contributed by atoms with E-state index in [0.717, 1.165) is 17.7 Å². The van der Waals surface area contributed by atoms with E-state index in [2.05, 4.69) is 11.4 Å². The fourth-order valence-electron chi connectivity index (χ4n) is 3.53. The summed E-state index contributed by atoms with van der Waals surface area (Å²) in [5, 5.41) is 0. The molecular weight excluding hydrogens is 419 g/mol. The molecule has 0 unspecified atom stereocenters. The van der Waals surface area contributed by atoms with Gasteiger partial charge < -0.3 is 25.6 Å². The monoisotopic (exact) mass is 458 g/mol. The van der Waals surface area contributed by atoms with E-state index in [-0.39, 0.29) is 25.1 Å². The van der Waals surface area contributed by atoms with Crippen LogP contribution >= 0.6 is 7.82 Å². The number of rotatable bonds is 15. The molecule has 1 aliphatic rings. The van der Waals surface area contributed by atoms with Crippen molar-refractivity contribution in [3.8, 4) is 5.75 Å². The zero-order valence-electron chi connectivity index (χ0n) is 18.7. The van der Waals surface area contributed by atoms with Gasteiger partial charge in [0.1, 0.15) is 11.9 Å². The van der Waals surface area contributed by atoms with Gasteiger partial charge in [-0.25, -0.2) is 4.57 Å². The van der Waals surface area contributed by atoms with Crippen LogP contribution in [-0.4, -0.2) is 46.4 Å². The smallest absolute Gasteiger partial charge is 0.469 e. The zero-order valence-corrected chi connectivity index (χ0v) is 19.6. The Hall–Kier alpha value is -1.44. The normalized spacial score (nSPS) is 14.1. The number of benzene rings is 1. The van der Waals surface area contributed by atoms with Gasteiger partial charge in [0, 0.05) is 19.5 Å². The number of carbonyl (C=O) groups is 1. The van der Waals surface area contributed by atoms with Crippen LogP contribution < -0.4 is 10.9 Å². The van der Waals surface area contributed by atoms with E-state index in [1.807, 2.05) is 24.3 Å². The first-order chi connectivity index (χ1) is 14.4. The van der Waals surface area contributed by atoms with Crippen molar-refractivity contribution in [2.45, 2.75) is 77.2 Å². The number of hydrogen-bond acceptors (Lipinski definition) is 5. The van der Waals surface area contributed by atoms with Gasteiger partial charge in [0.2, 0.25) is 5.91 Å². The quantitative estimate of drug-likeness (QED) is 0.258. The van der Waals surface area contributed by atoms with Crippen molar-refractivity contribution in [3.05, 3.63) is 29.8 Å². The molecule has 1 aromatic rings. The molecule has 1 saturated heterocycles. The van der Waals surface area contributed by atoms with Gasteiger partial charge in [0.05, 0.1) is 6.61 Å². The topological polar surface area (TPSA) is 131 Å². The lowest BCUT2D eigenvalue weighted by molar-refractivity contribution is -0.140. The third-order valence-electron chi connectivity index (χ3n) is 5.28. The standard InChI is InChI=1S/C22H36NO6P.H3N/c1-2-3-4-5-6-7-8-9-15-28-20-12-10-11-19(16-20)13-14-22(24)23-17-21(18-23)29-30(25,26)27;/h10-12,16,21H,2-9,13-15,17-18H2,1H3,(H2,25,26,27);1H3. The van der Waals surface area contributed by atoms with Crippen LogP contribution in [0, 0.1) is 0 Å². The molecule has 5 N–H and O–H groups in total. The molecular formula is C22H39N2O6P. The van der Waals surface area contributed by atoms with Crippen molar-refractivity contribution in [2.24, 2.45) is 0 Å². The van der Waals surface area contributed by atoms with Gasteiger partial charge in [0.15, 0.2) is 0 Å². The van der Waals surface area contributed by atoms with E-state index < -0.39 is 13.9 Å². The number of amides is 1. The van der Waals surface area contributed by atoms with Crippen LogP contribution in [0.5, 0.6) is 5.75 Å². The molecule has 1 fully saturated rings. The lowest BCUT2D eigenvalue weighted by atomic mass is 10.1. The van der Waals surface area contributed by atoms with Crippen molar-refractivity contribution in [3.63, 3.8) is 0 Å². The lowest BCUT2D eigenvalue weighted by Crippen LogP contribution is -2.54. The summed E-state index contributed by atoms with van der Waals surface area (Å²) >= 11 is 0. The molecule has 0 aromatic heterocycles. The first kappa shape index (κ1) is 27.6. The molecule has 2 rings (SSSR count). The van der Waals surface area contributed by atoms with E-state index in [1.54, 1.807) is 4.90 Å². The molecule has 0 saturated carbocycles. The number of unbranched alkanes of at least 4 members (excludes halogenated alkanes) is 7. The lowest BCUT2D eigenvalue weighted by Gasteiger charge is -2.38. The number of phosphoric ester groups is 1. The molecule has 1 amide bonds. The maximum absolute atomic E-state index is 12.2. The molecule has 31 heavy (non-hydrogen) atoms. The van der Waals surface area contributed by atoms with Crippen LogP contribution in [0.1, 0.15) is 70.3 Å². The van der Waals surface area contributed by atoms with Crippen LogP contribution in [0.25, 0.3) is 0 Å². The summed E-state index contributed by atoms with van der Waals surface area (Å²) in [6.07, 6.45) is 10.5. The fraction of sp³-hybridized carbons (Fsp3) is 0.682. The van der Waals surface area contributed by atoms with Crippen molar-refractivity contribution in [1.29, 1.82) is 0 Å². The Morgan fingerprint density at radius 3 is 2.39 bits per heavy atom. The third-order valence-corrected chi connectivity index (χ3v) is 5.85. The highest BCUT2D eigenvalue weighted by Crippen LogP contribution is 2.39. The van der Waals surface area contributed by atoms with Crippen molar-refractivity contribution < 1.29 is 28.4 Å². The Morgan fingerprint density at radius 2 is 1.74 bits per heavy atom. The highest BCUT2D eigenvalue weighted by Gasteiger charge is 2.35. The Balaban J connectivity index is 0.00000480. The summed E-state index contributed by atoms with van der Waals surface area (Å²) in [7, 11) is -4.49. The molecule has 1 aromatic carbocycles. The fourth-order valence-corrected chi connectivity index (χ4v) is 4.05. The second-order valence-corrected chi connectivity index (χ2v) is 9.18. The summed E-state index contributed by atoms with van der Waals surface area (Å²) in [4.78, 5) is 31.3. The van der Waals surface area contributed by atoms with E-state index >= 15 is 0 Å². The molecule has 178 valence electrons. The molecule has 0 bridgehead atoms. The molecule has 0 spiro atoms. The molecule has 1 aliphatic heterocycles. The summed E-state index contributed by atoms with van der Waals surface area (Å²) in [5.74, 6) is 0.799. The maximum atomic E-state index is 12.2. The maximum Gasteiger partial charge on any atom is 0.469 e. The second kappa shape index (κ2) is 14.6. The third kappa shape index (κ3) is 11.7. The Bertz CT molecular complexity index is 690. The van der Waals surface area contributed by atoms with Gasteiger partial charge in [-0.1, -0.05) is 64.0 Å². The average Bonchev–Trinajstić information content (AvgIpc) is 2.67. The summed E-state index contributed by atoms with van der Waals surface area (Å²) in [5.41, 5.74) is 1.04. The molecule has 8 nitrogen and oxygen atoms in total. The summed E-state index contributed by atoms with van der Waals surface area (Å²) < 4.78 is 21.2. The number of carbonyl (C=O) groups excluding carboxylic acids is 1. The number of phosphoric acid groups is 1. The minimum absolute atomic E-state index is 0. The highest BCUT2D eigenvalue weighted by molar-refractivity contribution is 7.46.